The highest BCUT2D eigenvalue weighted by molar-refractivity contribution is 14.1. The van der Waals surface area contributed by atoms with Crippen LogP contribution in [0.15, 0.2) is 12.2 Å². The van der Waals surface area contributed by atoms with Crippen LogP contribution in [0.5, 0.6) is 0 Å². The molecule has 0 N–H and O–H groups in total. The maximum Gasteiger partial charge on any atom is 0.155 e. The average molecular weight is 364 g/mol. The third kappa shape index (κ3) is 2.93. The van der Waals surface area contributed by atoms with E-state index in [0.29, 0.717) is 3.42 Å². The molecule has 0 radical (unpaired) electrons. The second-order valence-electron chi connectivity index (χ2n) is 5.72. The molecular formula is C15H25IO2. The van der Waals surface area contributed by atoms with E-state index in [9.17, 15) is 0 Å². The minimum absolute atomic E-state index is 0.0674. The average Bonchev–Trinajstić information content (AvgIpc) is 2.12. The summed E-state index contributed by atoms with van der Waals surface area (Å²) in [4.78, 5) is 0. The van der Waals surface area contributed by atoms with Crippen LogP contribution in [-0.2, 0) is 9.47 Å². The SMILES string of the molecule is C/C=C/C1(I)CC(OC(C)OCC)(C2CCC2)C1. The summed E-state index contributed by atoms with van der Waals surface area (Å²) < 4.78 is 12.2. The van der Waals surface area contributed by atoms with Gasteiger partial charge in [-0.15, -0.1) is 0 Å². The van der Waals surface area contributed by atoms with Crippen molar-refractivity contribution >= 4 is 22.6 Å². The molecule has 0 spiro atoms. The topological polar surface area (TPSA) is 18.5 Å². The first kappa shape index (κ1) is 14.8. The third-order valence-electron chi connectivity index (χ3n) is 4.30. The van der Waals surface area contributed by atoms with Crippen molar-refractivity contribution in [2.75, 3.05) is 6.61 Å². The lowest BCUT2D eigenvalue weighted by atomic mass is 9.58. The van der Waals surface area contributed by atoms with Gasteiger partial charge < -0.3 is 9.47 Å². The smallest absolute Gasteiger partial charge is 0.155 e. The molecule has 0 heterocycles. The first-order valence-corrected chi connectivity index (χ1v) is 8.24. The first-order valence-electron chi connectivity index (χ1n) is 7.16. The zero-order valence-electron chi connectivity index (χ0n) is 11.7. The van der Waals surface area contributed by atoms with Crippen molar-refractivity contribution in [2.24, 2.45) is 5.92 Å². The molecule has 0 aromatic heterocycles. The summed E-state index contributed by atoms with van der Waals surface area (Å²) in [6, 6.07) is 0. The van der Waals surface area contributed by atoms with Crippen molar-refractivity contribution in [1.29, 1.82) is 0 Å². The maximum atomic E-state index is 6.30. The van der Waals surface area contributed by atoms with Crippen LogP contribution in [0.25, 0.3) is 0 Å². The molecule has 3 heteroatoms. The minimum Gasteiger partial charge on any atom is -0.353 e. The summed E-state index contributed by atoms with van der Waals surface area (Å²) >= 11 is 2.59. The molecule has 0 aliphatic heterocycles. The van der Waals surface area contributed by atoms with Crippen LogP contribution in [0.4, 0.5) is 0 Å². The Labute approximate surface area is 125 Å². The fourth-order valence-corrected chi connectivity index (χ4v) is 5.01. The fourth-order valence-electron chi connectivity index (χ4n) is 3.36. The Hall–Kier alpha value is 0.390. The van der Waals surface area contributed by atoms with E-state index in [1.54, 1.807) is 0 Å². The number of allylic oxidation sites excluding steroid dienone is 2. The summed E-state index contributed by atoms with van der Waals surface area (Å²) in [6.45, 7) is 6.89. The van der Waals surface area contributed by atoms with E-state index in [2.05, 4.69) is 41.7 Å². The van der Waals surface area contributed by atoms with Gasteiger partial charge in [0.05, 0.1) is 5.60 Å². The lowest BCUT2D eigenvalue weighted by molar-refractivity contribution is -0.255. The summed E-state index contributed by atoms with van der Waals surface area (Å²) in [5, 5.41) is 0. The van der Waals surface area contributed by atoms with E-state index >= 15 is 0 Å². The van der Waals surface area contributed by atoms with Crippen LogP contribution < -0.4 is 0 Å². The van der Waals surface area contributed by atoms with Crippen molar-refractivity contribution < 1.29 is 9.47 Å². The molecule has 2 fully saturated rings. The van der Waals surface area contributed by atoms with Crippen molar-refractivity contribution in [3.05, 3.63) is 12.2 Å². The second-order valence-corrected chi connectivity index (χ2v) is 7.87. The Morgan fingerprint density at radius 3 is 2.50 bits per heavy atom. The van der Waals surface area contributed by atoms with Gasteiger partial charge in [0.15, 0.2) is 6.29 Å². The Bertz CT molecular complexity index is 304. The van der Waals surface area contributed by atoms with Crippen LogP contribution in [-0.4, -0.2) is 21.9 Å². The number of rotatable bonds is 6. The van der Waals surface area contributed by atoms with Crippen LogP contribution >= 0.6 is 22.6 Å². The molecule has 2 aliphatic carbocycles. The van der Waals surface area contributed by atoms with E-state index in [0.717, 1.165) is 25.4 Å². The van der Waals surface area contributed by atoms with Crippen LogP contribution in [0.2, 0.25) is 0 Å². The molecule has 0 aromatic rings. The molecule has 18 heavy (non-hydrogen) atoms. The monoisotopic (exact) mass is 364 g/mol. The lowest BCUT2D eigenvalue weighted by Gasteiger charge is -2.58. The van der Waals surface area contributed by atoms with Gasteiger partial charge in [-0.05, 0) is 52.4 Å². The van der Waals surface area contributed by atoms with E-state index < -0.39 is 0 Å². The molecule has 2 nitrogen and oxygen atoms in total. The van der Waals surface area contributed by atoms with Crippen molar-refractivity contribution in [1.82, 2.24) is 0 Å². The largest absolute Gasteiger partial charge is 0.353 e. The zero-order valence-corrected chi connectivity index (χ0v) is 13.9. The van der Waals surface area contributed by atoms with Gasteiger partial charge in [-0.25, -0.2) is 0 Å². The van der Waals surface area contributed by atoms with Crippen molar-refractivity contribution in [3.63, 3.8) is 0 Å². The van der Waals surface area contributed by atoms with Crippen molar-refractivity contribution in [3.8, 4) is 0 Å². The lowest BCUT2D eigenvalue weighted by Crippen LogP contribution is -2.61. The number of alkyl halides is 1. The number of hydrogen-bond donors (Lipinski definition) is 0. The van der Waals surface area contributed by atoms with Gasteiger partial charge in [0.25, 0.3) is 0 Å². The number of hydrogen-bond acceptors (Lipinski definition) is 2. The van der Waals surface area contributed by atoms with Gasteiger partial charge in [0, 0.05) is 10.0 Å². The molecule has 2 aliphatic rings. The summed E-state index contributed by atoms with van der Waals surface area (Å²) in [7, 11) is 0. The van der Waals surface area contributed by atoms with Crippen LogP contribution in [0.1, 0.15) is 52.9 Å². The molecular weight excluding hydrogens is 339 g/mol. The number of halogens is 1. The molecule has 1 unspecified atom stereocenters. The molecule has 0 saturated heterocycles. The van der Waals surface area contributed by atoms with Gasteiger partial charge in [0.1, 0.15) is 0 Å². The Morgan fingerprint density at radius 1 is 1.39 bits per heavy atom. The van der Waals surface area contributed by atoms with E-state index in [4.69, 9.17) is 9.47 Å². The third-order valence-corrected chi connectivity index (χ3v) is 5.43. The van der Waals surface area contributed by atoms with E-state index in [1.807, 2.05) is 13.8 Å². The first-order chi connectivity index (χ1) is 8.53. The fraction of sp³-hybridized carbons (Fsp3) is 0.867. The van der Waals surface area contributed by atoms with Gasteiger partial charge in [-0.3, -0.25) is 0 Å². The highest BCUT2D eigenvalue weighted by Gasteiger charge is 2.58. The predicted octanol–water partition coefficient (Wildman–Crippen LogP) is 4.47. The zero-order chi connectivity index (χ0) is 13.2. The molecule has 1 atom stereocenters. The molecule has 104 valence electrons. The van der Waals surface area contributed by atoms with Crippen LogP contribution in [0.3, 0.4) is 0 Å². The highest BCUT2D eigenvalue weighted by atomic mass is 127. The van der Waals surface area contributed by atoms with Crippen LogP contribution in [0, 0.1) is 5.92 Å². The van der Waals surface area contributed by atoms with E-state index in [1.165, 1.54) is 19.3 Å². The molecule has 0 amide bonds. The van der Waals surface area contributed by atoms with Crippen molar-refractivity contribution in [2.45, 2.75) is 68.2 Å². The molecule has 2 saturated carbocycles. The molecule has 2 rings (SSSR count). The molecule has 0 aromatic carbocycles. The number of ether oxygens (including phenoxy) is 2. The Kier molecular flexibility index (Phi) is 4.76. The highest BCUT2D eigenvalue weighted by Crippen LogP contribution is 2.59. The van der Waals surface area contributed by atoms with E-state index in [-0.39, 0.29) is 11.9 Å². The maximum absolute atomic E-state index is 6.30. The van der Waals surface area contributed by atoms with Gasteiger partial charge in [-0.2, -0.15) is 0 Å². The second kappa shape index (κ2) is 5.80. The normalized spacial score (nSPS) is 38.4. The van der Waals surface area contributed by atoms with Gasteiger partial charge in [-0.1, -0.05) is 41.2 Å². The summed E-state index contributed by atoms with van der Waals surface area (Å²) in [5.74, 6) is 0.758. The minimum atomic E-state index is -0.0674. The van der Waals surface area contributed by atoms with Gasteiger partial charge in [0.2, 0.25) is 0 Å². The standard InChI is InChI=1S/C15H25IO2/c1-4-9-14(16)10-15(11-14,13-7-6-8-13)18-12(3)17-5-2/h4,9,12-13H,5-8,10-11H2,1-3H3/b9-4+. The Balaban J connectivity index is 1.99. The molecule has 0 bridgehead atoms. The quantitative estimate of drug-likeness (QED) is 0.300. The summed E-state index contributed by atoms with van der Waals surface area (Å²) in [5.41, 5.74) is 0.0908. The summed E-state index contributed by atoms with van der Waals surface area (Å²) in [6.07, 6.45) is 10.8. The van der Waals surface area contributed by atoms with Gasteiger partial charge >= 0.3 is 0 Å². The Morgan fingerprint density at radius 2 is 2.06 bits per heavy atom. The predicted molar refractivity (Wildman–Crippen MR) is 83.0 cm³/mol.